The van der Waals surface area contributed by atoms with E-state index in [9.17, 15) is 0 Å². The molecule has 0 spiro atoms. The van der Waals surface area contributed by atoms with Crippen LogP contribution >= 0.6 is 24.0 Å². The summed E-state index contributed by atoms with van der Waals surface area (Å²) in [5, 5.41) is 3.44. The van der Waals surface area contributed by atoms with Crippen LogP contribution in [0, 0.1) is 0 Å². The first-order valence-electron chi connectivity index (χ1n) is 11.2. The van der Waals surface area contributed by atoms with E-state index in [0.717, 1.165) is 75.6 Å². The molecule has 1 atom stereocenters. The Bertz CT molecular complexity index is 841. The molecule has 4 heterocycles. The molecule has 0 bridgehead atoms. The van der Waals surface area contributed by atoms with Gasteiger partial charge < -0.3 is 24.8 Å². The van der Waals surface area contributed by atoms with Crippen molar-refractivity contribution in [3.63, 3.8) is 0 Å². The van der Waals surface area contributed by atoms with Crippen molar-refractivity contribution in [2.45, 2.75) is 26.5 Å². The van der Waals surface area contributed by atoms with E-state index in [4.69, 9.17) is 9.73 Å². The second-order valence-electron chi connectivity index (χ2n) is 7.98. The van der Waals surface area contributed by atoms with Crippen LogP contribution in [0.15, 0.2) is 47.7 Å². The number of guanidine groups is 1. The number of aromatic nitrogens is 2. The van der Waals surface area contributed by atoms with Crippen LogP contribution in [0.1, 0.15) is 19.4 Å². The lowest BCUT2D eigenvalue weighted by Gasteiger charge is -2.37. The zero-order valence-corrected chi connectivity index (χ0v) is 21.3. The number of nitrogens with zero attached hydrogens (tertiary/aromatic N) is 6. The smallest absolute Gasteiger partial charge is 0.194 e. The fourth-order valence-corrected chi connectivity index (χ4v) is 4.00. The molecule has 0 saturated carbocycles. The number of anilines is 2. The van der Waals surface area contributed by atoms with Gasteiger partial charge in [-0.05, 0) is 37.6 Å². The van der Waals surface area contributed by atoms with Gasteiger partial charge in [0, 0.05) is 58.2 Å². The molecule has 8 nitrogen and oxygen atoms in total. The van der Waals surface area contributed by atoms with Crippen molar-refractivity contribution in [3.05, 3.63) is 48.3 Å². The minimum Gasteiger partial charge on any atom is -0.375 e. The van der Waals surface area contributed by atoms with Gasteiger partial charge in [-0.1, -0.05) is 12.1 Å². The lowest BCUT2D eigenvalue weighted by molar-refractivity contribution is 0.0529. The van der Waals surface area contributed by atoms with Crippen molar-refractivity contribution in [2.75, 3.05) is 62.2 Å². The van der Waals surface area contributed by atoms with Crippen molar-refractivity contribution in [1.29, 1.82) is 0 Å². The van der Waals surface area contributed by atoms with Crippen LogP contribution in [-0.4, -0.2) is 79.4 Å². The average Bonchev–Trinajstić information content (AvgIpc) is 2.83. The largest absolute Gasteiger partial charge is 0.375 e. The van der Waals surface area contributed by atoms with E-state index in [1.54, 1.807) is 0 Å². The molecule has 174 valence electrons. The van der Waals surface area contributed by atoms with E-state index >= 15 is 0 Å². The normalized spacial score (nSPS) is 19.5. The first kappa shape index (κ1) is 24.5. The van der Waals surface area contributed by atoms with E-state index in [1.807, 2.05) is 24.5 Å². The molecule has 2 aromatic heterocycles. The fraction of sp³-hybridized carbons (Fsp3) is 0.522. The minimum absolute atomic E-state index is 0. The van der Waals surface area contributed by atoms with Crippen LogP contribution in [-0.2, 0) is 11.3 Å². The summed E-state index contributed by atoms with van der Waals surface area (Å²) >= 11 is 0. The zero-order valence-electron chi connectivity index (χ0n) is 19.0. The molecule has 0 radical (unpaired) electrons. The molecule has 2 fully saturated rings. The van der Waals surface area contributed by atoms with Gasteiger partial charge in [0.2, 0.25) is 0 Å². The lowest BCUT2D eigenvalue weighted by atomic mass is 10.2. The van der Waals surface area contributed by atoms with Gasteiger partial charge in [0.15, 0.2) is 5.96 Å². The second kappa shape index (κ2) is 12.2. The van der Waals surface area contributed by atoms with Crippen LogP contribution < -0.4 is 15.1 Å². The highest BCUT2D eigenvalue weighted by atomic mass is 127. The Morgan fingerprint density at radius 1 is 1.06 bits per heavy atom. The first-order valence-corrected chi connectivity index (χ1v) is 11.2. The molecule has 2 aliphatic rings. The molecule has 9 heteroatoms. The zero-order chi connectivity index (χ0) is 21.5. The molecular weight excluding hydrogens is 517 g/mol. The number of aliphatic imine (C=N–C) groups is 1. The molecule has 0 aliphatic carbocycles. The van der Waals surface area contributed by atoms with Crippen molar-refractivity contribution in [2.24, 2.45) is 4.99 Å². The van der Waals surface area contributed by atoms with Crippen LogP contribution in [0.3, 0.4) is 0 Å². The van der Waals surface area contributed by atoms with Crippen LogP contribution in [0.25, 0.3) is 0 Å². The number of hydrogen-bond donors (Lipinski definition) is 1. The Balaban J connectivity index is 0.00000289. The molecule has 2 saturated heterocycles. The summed E-state index contributed by atoms with van der Waals surface area (Å²) in [6.45, 7) is 12.0. The highest BCUT2D eigenvalue weighted by Crippen LogP contribution is 2.16. The van der Waals surface area contributed by atoms with Crippen molar-refractivity contribution in [3.8, 4) is 0 Å². The Kier molecular flexibility index (Phi) is 9.34. The number of hydrogen-bond acceptors (Lipinski definition) is 6. The van der Waals surface area contributed by atoms with E-state index < -0.39 is 0 Å². The summed E-state index contributed by atoms with van der Waals surface area (Å²) in [7, 11) is 0. The van der Waals surface area contributed by atoms with Crippen molar-refractivity contribution in [1.82, 2.24) is 20.2 Å². The number of halogens is 1. The third kappa shape index (κ3) is 6.44. The summed E-state index contributed by atoms with van der Waals surface area (Å²) in [4.78, 5) is 21.0. The number of piperazine rings is 1. The summed E-state index contributed by atoms with van der Waals surface area (Å²) in [5.74, 6) is 3.03. The third-order valence-electron chi connectivity index (χ3n) is 5.67. The molecule has 2 aromatic rings. The average molecular weight is 551 g/mol. The predicted molar refractivity (Wildman–Crippen MR) is 140 cm³/mol. The van der Waals surface area contributed by atoms with Gasteiger partial charge in [0.1, 0.15) is 11.6 Å². The van der Waals surface area contributed by atoms with Gasteiger partial charge in [-0.3, -0.25) is 0 Å². The molecule has 1 N–H and O–H groups in total. The van der Waals surface area contributed by atoms with Crippen LogP contribution in [0.5, 0.6) is 0 Å². The fourth-order valence-electron chi connectivity index (χ4n) is 4.00. The summed E-state index contributed by atoms with van der Waals surface area (Å²) < 4.78 is 5.63. The number of nitrogens with one attached hydrogen (secondary N) is 1. The molecule has 0 amide bonds. The molecule has 1 unspecified atom stereocenters. The maximum Gasteiger partial charge on any atom is 0.194 e. The van der Waals surface area contributed by atoms with Gasteiger partial charge >= 0.3 is 0 Å². The third-order valence-corrected chi connectivity index (χ3v) is 5.67. The number of rotatable bonds is 5. The second-order valence-corrected chi connectivity index (χ2v) is 7.98. The Labute approximate surface area is 208 Å². The lowest BCUT2D eigenvalue weighted by Crippen LogP contribution is -2.52. The quantitative estimate of drug-likeness (QED) is 0.348. The Morgan fingerprint density at radius 2 is 1.88 bits per heavy atom. The van der Waals surface area contributed by atoms with Crippen LogP contribution in [0.4, 0.5) is 11.6 Å². The van der Waals surface area contributed by atoms with E-state index in [0.29, 0.717) is 6.54 Å². The minimum atomic E-state index is 0. The first-order chi connectivity index (χ1) is 15.2. The summed E-state index contributed by atoms with van der Waals surface area (Å²) in [6, 6.07) is 10.3. The SMILES string of the molecule is CCNC(=NCc1ccc(N2CCOC(C)C2)nc1)N1CCN(c2ccccn2)CC1.I. The Morgan fingerprint density at radius 3 is 2.53 bits per heavy atom. The van der Waals surface area contributed by atoms with Gasteiger partial charge in [-0.2, -0.15) is 0 Å². The highest BCUT2D eigenvalue weighted by molar-refractivity contribution is 14.0. The summed E-state index contributed by atoms with van der Waals surface area (Å²) in [5.41, 5.74) is 1.12. The predicted octanol–water partition coefficient (Wildman–Crippen LogP) is 2.61. The maximum atomic E-state index is 5.63. The summed E-state index contributed by atoms with van der Waals surface area (Å²) in [6.07, 6.45) is 4.05. The standard InChI is InChI=1S/C23H33N7O.HI/c1-3-24-23(29-12-10-28(11-13-29)21-6-4-5-9-25-21)27-17-20-7-8-22(26-16-20)30-14-15-31-19(2)18-30;/h4-9,16,19H,3,10-15,17-18H2,1-2H3,(H,24,27);1H. The van der Waals surface area contributed by atoms with E-state index in [1.165, 1.54) is 0 Å². The van der Waals surface area contributed by atoms with Gasteiger partial charge in [-0.25, -0.2) is 15.0 Å². The van der Waals surface area contributed by atoms with Gasteiger partial charge in [0.05, 0.1) is 19.3 Å². The van der Waals surface area contributed by atoms with E-state index in [2.05, 4.69) is 62.0 Å². The number of morpholine rings is 1. The molecular formula is C23H34IN7O. The molecule has 4 rings (SSSR count). The molecule has 32 heavy (non-hydrogen) atoms. The van der Waals surface area contributed by atoms with Gasteiger partial charge in [-0.15, -0.1) is 24.0 Å². The Hall–Kier alpha value is -2.14. The monoisotopic (exact) mass is 551 g/mol. The maximum absolute atomic E-state index is 5.63. The van der Waals surface area contributed by atoms with E-state index in [-0.39, 0.29) is 30.1 Å². The molecule has 2 aliphatic heterocycles. The van der Waals surface area contributed by atoms with Crippen molar-refractivity contribution >= 4 is 41.6 Å². The van der Waals surface area contributed by atoms with Gasteiger partial charge in [0.25, 0.3) is 0 Å². The van der Waals surface area contributed by atoms with Crippen molar-refractivity contribution < 1.29 is 4.74 Å². The van der Waals surface area contributed by atoms with Crippen LogP contribution in [0.2, 0.25) is 0 Å². The highest BCUT2D eigenvalue weighted by Gasteiger charge is 2.20. The molecule has 0 aromatic carbocycles. The number of pyridine rings is 2. The number of ether oxygens (including phenoxy) is 1. The topological polar surface area (TPSA) is 69.1 Å².